The second-order valence-electron chi connectivity index (χ2n) is 27.4. The fourth-order valence-corrected chi connectivity index (χ4v) is 22.7. The highest BCUT2D eigenvalue weighted by Crippen LogP contribution is 2.62. The van der Waals surface area contributed by atoms with Crippen LogP contribution < -0.4 is 4.74 Å². The lowest BCUT2D eigenvalue weighted by Crippen LogP contribution is -2.51. The second kappa shape index (κ2) is 27.0. The van der Waals surface area contributed by atoms with E-state index in [1.807, 2.05) is 0 Å². The predicted octanol–water partition coefficient (Wildman–Crippen LogP) is 13.4. The van der Waals surface area contributed by atoms with Gasteiger partial charge in [0.2, 0.25) is 0 Å². The standard InChI is InChI=1S/C31H33O2S.C19H17S.C13H20O5S.C10H14O6S/c1-21-13-28(34(26-9-5-3-6-10-26)27-11-7-4-8-12-27)14-22(2)29(21)33-30(32)31-18-23-15-24(19-31)17-25(16-23)20-31;1-16-12-14-19(15-13-16)20(17-8-4-2-5-9-17)18-10-6-3-7-11-18;14-12(18-1-2-19(15,16)17)13-6-9-3-10(7-13)5-11(4-9)8-13;11-8(4-17(12,13)14)16-9-5-1-6-3-15-10(9)7(6)2-5/h3-14,23-25H,15-20H2,1-2H3;2-15H,1H3;9-11H,1-8H2,(H,15,16,17);5-7,9-10H,1-4H2,(H,12,13,14)/q2*+1;;/p-2. The molecule has 0 N–H and O–H groups in total. The molecule has 17 heteroatoms. The van der Waals surface area contributed by atoms with Gasteiger partial charge in [0.15, 0.2) is 29.4 Å². The zero-order chi connectivity index (χ0) is 63.0. The van der Waals surface area contributed by atoms with Gasteiger partial charge in [-0.15, -0.1) is 0 Å². The molecule has 10 aliphatic carbocycles. The summed E-state index contributed by atoms with van der Waals surface area (Å²) < 4.78 is 84.9. The highest BCUT2D eigenvalue weighted by atomic mass is 32.2. The minimum atomic E-state index is -4.56. The highest BCUT2D eigenvalue weighted by Gasteiger charge is 2.60. The number of benzene rings is 6. The maximum absolute atomic E-state index is 13.6. The van der Waals surface area contributed by atoms with Crippen LogP contribution >= 0.6 is 0 Å². The van der Waals surface area contributed by atoms with Crippen LogP contribution in [0.25, 0.3) is 0 Å². The van der Waals surface area contributed by atoms with Crippen molar-refractivity contribution >= 4 is 59.9 Å². The summed E-state index contributed by atoms with van der Waals surface area (Å²) in [5.74, 6) is 3.31. The number of esters is 3. The summed E-state index contributed by atoms with van der Waals surface area (Å²) in [6.45, 7) is 6.73. The third-order valence-electron chi connectivity index (χ3n) is 20.6. The van der Waals surface area contributed by atoms with Gasteiger partial charge in [-0.25, -0.2) is 16.8 Å². The smallest absolute Gasteiger partial charge is 0.320 e. The Hall–Kier alpha value is -5.79. The van der Waals surface area contributed by atoms with Crippen LogP contribution in [0.15, 0.2) is 187 Å². The molecule has 10 saturated carbocycles. The fraction of sp³-hybridized carbons (Fsp3) is 0.466. The van der Waals surface area contributed by atoms with Crippen molar-refractivity contribution in [3.63, 3.8) is 0 Å². The van der Waals surface area contributed by atoms with Gasteiger partial charge in [0.05, 0.1) is 61.2 Å². The molecule has 476 valence electrons. The van der Waals surface area contributed by atoms with Gasteiger partial charge in [0.25, 0.3) is 0 Å². The van der Waals surface area contributed by atoms with E-state index in [1.54, 1.807) is 0 Å². The molecular formula is C73H82O13S4. The Kier molecular flexibility index (Phi) is 19.3. The molecule has 0 amide bonds. The fourth-order valence-electron chi connectivity index (χ4n) is 17.7. The molecule has 1 aliphatic heterocycles. The molecular weight excluding hydrogens is 1210 g/mol. The summed E-state index contributed by atoms with van der Waals surface area (Å²) in [5, 5.41) is 0. The van der Waals surface area contributed by atoms with E-state index in [0.29, 0.717) is 36.2 Å². The van der Waals surface area contributed by atoms with E-state index in [4.69, 9.17) is 18.9 Å². The Morgan fingerprint density at radius 3 is 1.31 bits per heavy atom. The number of carbonyl (C=O) groups is 3. The third kappa shape index (κ3) is 14.8. The summed E-state index contributed by atoms with van der Waals surface area (Å²) in [7, 11) is -9.09. The van der Waals surface area contributed by atoms with Crippen molar-refractivity contribution in [3.8, 4) is 5.75 Å². The topological polar surface area (TPSA) is 203 Å². The van der Waals surface area contributed by atoms with E-state index in [9.17, 15) is 40.3 Å². The van der Waals surface area contributed by atoms with Crippen molar-refractivity contribution < 1.29 is 59.3 Å². The first kappa shape index (κ1) is 64.3. The van der Waals surface area contributed by atoms with E-state index in [2.05, 4.69) is 178 Å². The molecule has 90 heavy (non-hydrogen) atoms. The summed E-state index contributed by atoms with van der Waals surface area (Å²) in [5.41, 5.74) is 2.81. The minimum absolute atomic E-state index is 0.0229. The van der Waals surface area contributed by atoms with Crippen molar-refractivity contribution in [1.29, 1.82) is 0 Å². The van der Waals surface area contributed by atoms with Gasteiger partial charge >= 0.3 is 17.9 Å². The first-order valence-corrected chi connectivity index (χ1v) is 37.7. The summed E-state index contributed by atoms with van der Waals surface area (Å²) in [6, 6.07) is 56.3. The molecule has 6 aromatic rings. The molecule has 0 radical (unpaired) electrons. The van der Waals surface area contributed by atoms with Crippen molar-refractivity contribution in [2.24, 2.45) is 64.1 Å². The van der Waals surface area contributed by atoms with Crippen molar-refractivity contribution in [3.05, 3.63) is 174 Å². The van der Waals surface area contributed by atoms with Crippen LogP contribution in [-0.4, -0.2) is 80.8 Å². The molecule has 0 aromatic heterocycles. The predicted molar refractivity (Wildman–Crippen MR) is 343 cm³/mol. The van der Waals surface area contributed by atoms with Gasteiger partial charge in [-0.2, -0.15) is 0 Å². The molecule has 1 saturated heterocycles. The number of ether oxygens (including phenoxy) is 4. The lowest BCUT2D eigenvalue weighted by molar-refractivity contribution is -0.171. The summed E-state index contributed by atoms with van der Waals surface area (Å²) >= 11 is 0. The summed E-state index contributed by atoms with van der Waals surface area (Å²) in [6.07, 6.45) is 15.0. The number of rotatable bonds is 15. The molecule has 5 unspecified atom stereocenters. The van der Waals surface area contributed by atoms with Crippen LogP contribution in [0.4, 0.5) is 0 Å². The molecule has 6 aromatic carbocycles. The van der Waals surface area contributed by atoms with Crippen LogP contribution in [0.3, 0.4) is 0 Å². The van der Waals surface area contributed by atoms with Gasteiger partial charge < -0.3 is 28.1 Å². The summed E-state index contributed by atoms with van der Waals surface area (Å²) in [4.78, 5) is 45.1. The molecule has 10 bridgehead atoms. The maximum atomic E-state index is 13.6. The Labute approximate surface area is 537 Å². The first-order chi connectivity index (χ1) is 43.1. The molecule has 13 nitrogen and oxygen atoms in total. The van der Waals surface area contributed by atoms with Crippen molar-refractivity contribution in [1.82, 2.24) is 0 Å². The van der Waals surface area contributed by atoms with E-state index in [-0.39, 0.29) is 69.3 Å². The van der Waals surface area contributed by atoms with E-state index >= 15 is 0 Å². The monoisotopic (exact) mass is 1290 g/mol. The number of carbonyl (C=O) groups excluding carboxylic acids is 3. The number of fused-ring (bicyclic) bond motifs is 1. The zero-order valence-electron chi connectivity index (χ0n) is 51.5. The van der Waals surface area contributed by atoms with E-state index in [1.165, 1.54) is 73.5 Å². The second-order valence-corrected chi connectivity index (χ2v) is 34.3. The molecule has 1 heterocycles. The Morgan fingerprint density at radius 2 is 0.900 bits per heavy atom. The van der Waals surface area contributed by atoms with E-state index < -0.39 is 37.7 Å². The average molecular weight is 1300 g/mol. The van der Waals surface area contributed by atoms with Crippen LogP contribution in [0.5, 0.6) is 5.75 Å². The van der Waals surface area contributed by atoms with Crippen LogP contribution in [-0.2, 0) is 70.6 Å². The van der Waals surface area contributed by atoms with Crippen molar-refractivity contribution in [2.45, 2.75) is 152 Å². The van der Waals surface area contributed by atoms with E-state index in [0.717, 1.165) is 86.0 Å². The molecule has 0 spiro atoms. The number of hydrogen-bond acceptors (Lipinski definition) is 13. The molecule has 5 atom stereocenters. The Bertz CT molecular complexity index is 3560. The SMILES string of the molecule is Cc1cc([S+](c2ccccc2)c2ccccc2)cc(C)c1OC(=O)C12CC3CC(CC(C3)C1)C2.Cc1ccc([S+](c2ccccc2)c2ccccc2)cc1.O=C(CS(=O)(=O)[O-])OC1C2CC3COC1C3C2.O=C(OCCS(=O)(=O)[O-])C12CC3CC(CC(C3)C1)C2. The lowest BCUT2D eigenvalue weighted by atomic mass is 9.49. The highest BCUT2D eigenvalue weighted by molar-refractivity contribution is 7.97. The van der Waals surface area contributed by atoms with Gasteiger partial charge in [-0.1, -0.05) is 90.5 Å². The largest absolute Gasteiger partial charge is 0.748 e. The average Bonchev–Trinajstić information content (AvgIpc) is 1.16. The van der Waals surface area contributed by atoms with Gasteiger partial charge in [0, 0.05) is 12.1 Å². The van der Waals surface area contributed by atoms with Gasteiger partial charge in [-0.05, 0) is 236 Å². The van der Waals surface area contributed by atoms with Crippen LogP contribution in [0, 0.1) is 84.9 Å². The Morgan fingerprint density at radius 1 is 0.500 bits per heavy atom. The van der Waals surface area contributed by atoms with Crippen molar-refractivity contribution in [2.75, 3.05) is 24.7 Å². The number of aryl methyl sites for hydroxylation is 3. The molecule has 17 rings (SSSR count). The van der Waals surface area contributed by atoms with Gasteiger partial charge in [-0.3, -0.25) is 14.4 Å². The van der Waals surface area contributed by atoms with Gasteiger partial charge in [0.1, 0.15) is 34.3 Å². The molecule has 11 fully saturated rings. The van der Waals surface area contributed by atoms with Crippen LogP contribution in [0.2, 0.25) is 0 Å². The third-order valence-corrected chi connectivity index (χ3v) is 26.3. The quantitative estimate of drug-likeness (QED) is 0.0407. The van der Waals surface area contributed by atoms with Crippen LogP contribution in [0.1, 0.15) is 107 Å². The first-order valence-electron chi connectivity index (χ1n) is 32.1. The minimum Gasteiger partial charge on any atom is -0.748 e. The lowest BCUT2D eigenvalue weighted by Gasteiger charge is -2.55. The zero-order valence-corrected chi connectivity index (χ0v) is 54.8. The molecule has 11 aliphatic rings. The number of hydrogen-bond donors (Lipinski definition) is 0. The Balaban J connectivity index is 0.000000122. The maximum Gasteiger partial charge on any atom is 0.320 e. The normalized spacial score (nSPS) is 29.3.